The number of nitrogens with zero attached hydrogens (tertiary/aromatic N) is 2. The molecular formula is C28H28N2O6. The van der Waals surface area contributed by atoms with Crippen molar-refractivity contribution in [2.24, 2.45) is 5.16 Å². The van der Waals surface area contributed by atoms with Crippen LogP contribution in [0.25, 0.3) is 11.7 Å². The van der Waals surface area contributed by atoms with Crippen LogP contribution in [0.1, 0.15) is 48.3 Å². The molecule has 0 spiro atoms. The van der Waals surface area contributed by atoms with Crippen molar-refractivity contribution in [3.63, 3.8) is 0 Å². The predicted molar refractivity (Wildman–Crippen MR) is 134 cm³/mol. The topological polar surface area (TPSA) is 107 Å². The van der Waals surface area contributed by atoms with E-state index >= 15 is 0 Å². The molecule has 4 rings (SSSR count). The molecule has 186 valence electrons. The Morgan fingerprint density at radius 1 is 0.972 bits per heavy atom. The summed E-state index contributed by atoms with van der Waals surface area (Å²) < 4.78 is 16.9. The molecule has 8 heteroatoms. The molecule has 0 bridgehead atoms. The first-order valence-electron chi connectivity index (χ1n) is 11.8. The highest BCUT2D eigenvalue weighted by molar-refractivity contribution is 6.00. The fraction of sp³-hybridized carbons (Fsp3) is 0.250. The maximum Gasteiger partial charge on any atom is 0.303 e. The van der Waals surface area contributed by atoms with Crippen molar-refractivity contribution in [3.8, 4) is 17.4 Å². The van der Waals surface area contributed by atoms with Gasteiger partial charge in [0.25, 0.3) is 5.89 Å². The molecular weight excluding hydrogens is 460 g/mol. The first kappa shape index (κ1) is 24.8. The fourth-order valence-corrected chi connectivity index (χ4v) is 3.53. The van der Waals surface area contributed by atoms with Gasteiger partial charge in [0, 0.05) is 6.42 Å². The largest absolute Gasteiger partial charge is 0.487 e. The fourth-order valence-electron chi connectivity index (χ4n) is 3.53. The number of hydrogen-bond acceptors (Lipinski definition) is 7. The van der Waals surface area contributed by atoms with E-state index in [1.54, 1.807) is 18.4 Å². The Balaban J connectivity index is 1.30. The van der Waals surface area contributed by atoms with Crippen molar-refractivity contribution in [2.45, 2.75) is 45.8 Å². The maximum atomic E-state index is 10.8. The van der Waals surface area contributed by atoms with Gasteiger partial charge < -0.3 is 23.5 Å². The lowest BCUT2D eigenvalue weighted by Crippen LogP contribution is -2.03. The van der Waals surface area contributed by atoms with Crippen LogP contribution in [0.2, 0.25) is 0 Å². The second-order valence-corrected chi connectivity index (χ2v) is 8.21. The summed E-state index contributed by atoms with van der Waals surface area (Å²) in [5.41, 5.74) is 3.43. The molecule has 2 heterocycles. The van der Waals surface area contributed by atoms with Crippen LogP contribution < -0.4 is 4.74 Å². The molecule has 0 unspecified atom stereocenters. The van der Waals surface area contributed by atoms with Crippen LogP contribution in [0.4, 0.5) is 0 Å². The minimum absolute atomic E-state index is 0.152. The summed E-state index contributed by atoms with van der Waals surface area (Å²) in [6.45, 7) is 2.42. The molecule has 4 aromatic rings. The van der Waals surface area contributed by atoms with Crippen molar-refractivity contribution in [1.29, 1.82) is 0 Å². The first-order chi connectivity index (χ1) is 17.6. The summed E-state index contributed by atoms with van der Waals surface area (Å²) in [7, 11) is 0. The van der Waals surface area contributed by atoms with Gasteiger partial charge in [0.15, 0.2) is 5.76 Å². The number of benzene rings is 2. The number of aliphatic carboxylic acids is 1. The first-order valence-corrected chi connectivity index (χ1v) is 11.8. The van der Waals surface area contributed by atoms with E-state index in [1.165, 1.54) is 0 Å². The number of carboxylic acid groups (broad SMARTS) is 1. The molecule has 1 N–H and O–H groups in total. The molecule has 0 radical (unpaired) electrons. The van der Waals surface area contributed by atoms with E-state index in [4.69, 9.17) is 23.5 Å². The third-order valence-corrected chi connectivity index (χ3v) is 5.49. The van der Waals surface area contributed by atoms with Gasteiger partial charge in [-0.25, -0.2) is 4.98 Å². The lowest BCUT2D eigenvalue weighted by Gasteiger charge is -2.08. The van der Waals surface area contributed by atoms with Gasteiger partial charge in [-0.15, -0.1) is 0 Å². The summed E-state index contributed by atoms with van der Waals surface area (Å²) in [6.07, 6.45) is 3.70. The van der Waals surface area contributed by atoms with Gasteiger partial charge in [0.05, 0.1) is 12.0 Å². The number of oxazole rings is 1. The van der Waals surface area contributed by atoms with Crippen molar-refractivity contribution in [3.05, 3.63) is 95.6 Å². The number of aryl methyl sites for hydroxylation is 1. The standard InChI is InChI=1S/C28H28N2O6/c1-20-25(29-28(36-20)26-11-7-17-33-26)19-34-23-15-13-21(14-16-23)18-35-30-24(10-5-6-12-27(31)32)22-8-3-2-4-9-22/h2-4,7-9,11,13-17H,5-6,10,12,18-19H2,1H3,(H,31,32)/b30-24-. The molecule has 0 saturated heterocycles. The summed E-state index contributed by atoms with van der Waals surface area (Å²) >= 11 is 0. The van der Waals surface area contributed by atoms with Crippen molar-refractivity contribution in [1.82, 2.24) is 4.98 Å². The Kier molecular flexibility index (Phi) is 8.53. The van der Waals surface area contributed by atoms with Gasteiger partial charge in [0.2, 0.25) is 0 Å². The zero-order chi connectivity index (χ0) is 25.2. The molecule has 2 aromatic carbocycles. The lowest BCUT2D eigenvalue weighted by molar-refractivity contribution is -0.137. The zero-order valence-corrected chi connectivity index (χ0v) is 20.1. The van der Waals surface area contributed by atoms with Crippen LogP contribution in [0, 0.1) is 6.92 Å². The van der Waals surface area contributed by atoms with E-state index in [-0.39, 0.29) is 13.0 Å². The molecule has 36 heavy (non-hydrogen) atoms. The number of carbonyl (C=O) groups is 1. The number of furan rings is 1. The number of oxime groups is 1. The van der Waals surface area contributed by atoms with E-state index in [9.17, 15) is 4.79 Å². The number of aromatic nitrogens is 1. The molecule has 0 fully saturated rings. The minimum Gasteiger partial charge on any atom is -0.487 e. The van der Waals surface area contributed by atoms with E-state index in [1.807, 2.05) is 61.5 Å². The average Bonchev–Trinajstić information content (AvgIpc) is 3.55. The third-order valence-electron chi connectivity index (χ3n) is 5.49. The Bertz CT molecular complexity index is 1260. The van der Waals surface area contributed by atoms with Gasteiger partial charge in [-0.1, -0.05) is 47.6 Å². The van der Waals surface area contributed by atoms with Crippen molar-refractivity contribution >= 4 is 11.7 Å². The maximum absolute atomic E-state index is 10.8. The van der Waals surface area contributed by atoms with Crippen LogP contribution in [-0.2, 0) is 22.8 Å². The minimum atomic E-state index is -0.785. The second-order valence-electron chi connectivity index (χ2n) is 8.21. The summed E-state index contributed by atoms with van der Waals surface area (Å²) in [4.78, 5) is 20.9. The number of hydrogen-bond donors (Lipinski definition) is 1. The van der Waals surface area contributed by atoms with Crippen LogP contribution in [-0.4, -0.2) is 21.8 Å². The van der Waals surface area contributed by atoms with Crippen molar-refractivity contribution in [2.75, 3.05) is 0 Å². The number of unbranched alkanes of at least 4 members (excludes halogenated alkanes) is 1. The molecule has 2 aromatic heterocycles. The van der Waals surface area contributed by atoms with Gasteiger partial charge in [-0.05, 0) is 61.6 Å². The highest BCUT2D eigenvalue weighted by Gasteiger charge is 2.14. The molecule has 8 nitrogen and oxygen atoms in total. The predicted octanol–water partition coefficient (Wildman–Crippen LogP) is 6.39. The van der Waals surface area contributed by atoms with E-state index in [0.717, 1.165) is 23.3 Å². The Morgan fingerprint density at radius 2 is 1.75 bits per heavy atom. The SMILES string of the molecule is Cc1oc(-c2ccco2)nc1COc1ccc(CO/N=C(/CCCCC(=O)O)c2ccccc2)cc1. The van der Waals surface area contributed by atoms with Gasteiger partial charge in [-0.2, -0.15) is 0 Å². The van der Waals surface area contributed by atoms with E-state index in [0.29, 0.717) is 48.3 Å². The van der Waals surface area contributed by atoms with E-state index < -0.39 is 5.97 Å². The van der Waals surface area contributed by atoms with Crippen LogP contribution in [0.5, 0.6) is 5.75 Å². The third kappa shape index (κ3) is 7.09. The van der Waals surface area contributed by atoms with Crippen LogP contribution in [0.3, 0.4) is 0 Å². The summed E-state index contributed by atoms with van der Waals surface area (Å²) in [5.74, 6) is 1.61. The second kappa shape index (κ2) is 12.4. The Labute approximate surface area is 209 Å². The Morgan fingerprint density at radius 3 is 2.47 bits per heavy atom. The summed E-state index contributed by atoms with van der Waals surface area (Å²) in [6, 6.07) is 20.9. The average molecular weight is 489 g/mol. The highest BCUT2D eigenvalue weighted by atomic mass is 16.6. The number of carboxylic acids is 1. The summed E-state index contributed by atoms with van der Waals surface area (Å²) in [5, 5.41) is 13.2. The van der Waals surface area contributed by atoms with Gasteiger partial charge in [-0.3, -0.25) is 4.79 Å². The van der Waals surface area contributed by atoms with Crippen LogP contribution >= 0.6 is 0 Å². The van der Waals surface area contributed by atoms with Crippen molar-refractivity contribution < 1.29 is 28.3 Å². The smallest absolute Gasteiger partial charge is 0.303 e. The Hall–Kier alpha value is -4.33. The normalized spacial score (nSPS) is 11.4. The monoisotopic (exact) mass is 488 g/mol. The molecule has 0 atom stereocenters. The molecule has 0 aliphatic rings. The molecule has 0 saturated carbocycles. The van der Waals surface area contributed by atoms with E-state index in [2.05, 4.69) is 10.1 Å². The van der Waals surface area contributed by atoms with Crippen LogP contribution in [0.15, 0.2) is 87.0 Å². The quantitative estimate of drug-likeness (QED) is 0.132. The van der Waals surface area contributed by atoms with Gasteiger partial charge >= 0.3 is 5.97 Å². The number of rotatable bonds is 13. The highest BCUT2D eigenvalue weighted by Crippen LogP contribution is 2.23. The van der Waals surface area contributed by atoms with Gasteiger partial charge in [0.1, 0.15) is 30.4 Å². The molecule has 0 amide bonds. The zero-order valence-electron chi connectivity index (χ0n) is 20.1. The molecule has 0 aliphatic carbocycles. The molecule has 0 aliphatic heterocycles. The number of ether oxygens (including phenoxy) is 1. The lowest BCUT2D eigenvalue weighted by atomic mass is 10.0.